The summed E-state index contributed by atoms with van der Waals surface area (Å²) in [5, 5.41) is 0. The Morgan fingerprint density at radius 2 is 1.90 bits per heavy atom. The van der Waals surface area contributed by atoms with Crippen molar-refractivity contribution in [2.24, 2.45) is 5.73 Å². The van der Waals surface area contributed by atoms with Crippen molar-refractivity contribution in [1.82, 2.24) is 4.98 Å². The molecule has 1 heterocycles. The molecule has 0 spiro atoms. The molecule has 1 aromatic carbocycles. The number of ether oxygens (including phenoxy) is 1. The number of nitrogens with zero attached hydrogens (tertiary/aromatic N) is 1. The molecule has 21 heavy (non-hydrogen) atoms. The lowest BCUT2D eigenvalue weighted by atomic mass is 10.1. The van der Waals surface area contributed by atoms with Gasteiger partial charge in [-0.1, -0.05) is 0 Å². The fourth-order valence-corrected chi connectivity index (χ4v) is 1.56. The lowest BCUT2D eigenvalue weighted by Crippen LogP contribution is -2.14. The van der Waals surface area contributed by atoms with E-state index in [9.17, 15) is 18.0 Å². The Hall–Kier alpha value is -2.77. The summed E-state index contributed by atoms with van der Waals surface area (Å²) in [5.74, 6) is -1.50. The van der Waals surface area contributed by atoms with Crippen molar-refractivity contribution in [2.75, 3.05) is 5.73 Å². The lowest BCUT2D eigenvalue weighted by Gasteiger charge is -2.14. The smallest absolute Gasteiger partial charge is 0.420 e. The maximum Gasteiger partial charge on any atom is 0.420 e. The number of alkyl halides is 3. The molecule has 110 valence electrons. The van der Waals surface area contributed by atoms with Gasteiger partial charge in [-0.3, -0.25) is 4.79 Å². The predicted octanol–water partition coefficient (Wildman–Crippen LogP) is 2.57. The zero-order valence-electron chi connectivity index (χ0n) is 10.5. The first-order valence-corrected chi connectivity index (χ1v) is 5.68. The van der Waals surface area contributed by atoms with Crippen LogP contribution in [-0.2, 0) is 6.18 Å². The van der Waals surface area contributed by atoms with E-state index in [1.54, 1.807) is 0 Å². The molecule has 8 heteroatoms. The third-order valence-corrected chi connectivity index (χ3v) is 2.54. The first-order chi connectivity index (χ1) is 9.77. The maximum atomic E-state index is 13.0. The molecule has 0 fully saturated rings. The summed E-state index contributed by atoms with van der Waals surface area (Å²) >= 11 is 0. The fourth-order valence-electron chi connectivity index (χ4n) is 1.56. The summed E-state index contributed by atoms with van der Waals surface area (Å²) in [4.78, 5) is 14.7. The van der Waals surface area contributed by atoms with Crippen LogP contribution in [0.15, 0.2) is 36.5 Å². The molecule has 5 nitrogen and oxygen atoms in total. The molecular weight excluding hydrogens is 287 g/mol. The van der Waals surface area contributed by atoms with Crippen molar-refractivity contribution >= 4 is 11.6 Å². The van der Waals surface area contributed by atoms with E-state index in [2.05, 4.69) is 4.98 Å². The first-order valence-electron chi connectivity index (χ1n) is 5.68. The van der Waals surface area contributed by atoms with Crippen molar-refractivity contribution in [1.29, 1.82) is 0 Å². The number of pyridine rings is 1. The minimum atomic E-state index is -4.70. The predicted molar refractivity (Wildman–Crippen MR) is 68.7 cm³/mol. The second-order valence-electron chi connectivity index (χ2n) is 4.10. The third kappa shape index (κ3) is 3.41. The number of anilines is 1. The van der Waals surface area contributed by atoms with Gasteiger partial charge >= 0.3 is 6.18 Å². The molecule has 2 rings (SSSR count). The SMILES string of the molecule is NC(=O)c1ccc(Oc2ccc(N)cn2)c(C(F)(F)F)c1. The van der Waals surface area contributed by atoms with E-state index in [1.807, 2.05) is 0 Å². The number of aromatic nitrogens is 1. The standard InChI is InChI=1S/C13H10F3N3O2/c14-13(15,16)9-5-7(12(18)20)1-3-10(9)21-11-4-2-8(17)6-19-11/h1-6H,17H2,(H2,18,20). The van der Waals surface area contributed by atoms with Crippen LogP contribution in [0.1, 0.15) is 15.9 Å². The van der Waals surface area contributed by atoms with E-state index in [0.717, 1.165) is 12.1 Å². The molecule has 4 N–H and O–H groups in total. The Morgan fingerprint density at radius 3 is 2.43 bits per heavy atom. The highest BCUT2D eigenvalue weighted by Gasteiger charge is 2.35. The number of hydrogen-bond acceptors (Lipinski definition) is 4. The Morgan fingerprint density at radius 1 is 1.19 bits per heavy atom. The number of rotatable bonds is 3. The fraction of sp³-hybridized carbons (Fsp3) is 0.0769. The maximum absolute atomic E-state index is 13.0. The normalized spacial score (nSPS) is 11.2. The average Bonchev–Trinajstić information content (AvgIpc) is 2.40. The summed E-state index contributed by atoms with van der Waals surface area (Å²) in [6.45, 7) is 0. The van der Waals surface area contributed by atoms with E-state index in [0.29, 0.717) is 11.8 Å². The number of halogens is 3. The molecule has 1 aromatic heterocycles. The van der Waals surface area contributed by atoms with Gasteiger partial charge in [-0.25, -0.2) is 4.98 Å². The molecule has 0 atom stereocenters. The van der Waals surface area contributed by atoms with Gasteiger partial charge in [0.05, 0.1) is 17.4 Å². The average molecular weight is 297 g/mol. The molecule has 0 aliphatic rings. The van der Waals surface area contributed by atoms with Crippen LogP contribution in [0.5, 0.6) is 11.6 Å². The zero-order valence-corrected chi connectivity index (χ0v) is 10.5. The van der Waals surface area contributed by atoms with Crippen molar-refractivity contribution < 1.29 is 22.7 Å². The Kier molecular flexibility index (Phi) is 3.70. The van der Waals surface area contributed by atoms with Crippen LogP contribution in [0.4, 0.5) is 18.9 Å². The first kappa shape index (κ1) is 14.6. The summed E-state index contributed by atoms with van der Waals surface area (Å²) in [5.41, 5.74) is 9.37. The molecular formula is C13H10F3N3O2. The molecule has 0 aliphatic carbocycles. The molecule has 0 saturated carbocycles. The number of benzene rings is 1. The van der Waals surface area contributed by atoms with Gasteiger partial charge in [0.2, 0.25) is 11.8 Å². The number of nitrogens with two attached hydrogens (primary N) is 2. The van der Waals surface area contributed by atoms with E-state index < -0.39 is 23.4 Å². The largest absolute Gasteiger partial charge is 0.438 e. The van der Waals surface area contributed by atoms with E-state index in [1.165, 1.54) is 18.3 Å². The molecule has 2 aromatic rings. The summed E-state index contributed by atoms with van der Waals surface area (Å²) in [6, 6.07) is 5.56. The van der Waals surface area contributed by atoms with Crippen LogP contribution in [-0.4, -0.2) is 10.9 Å². The molecule has 1 amide bonds. The highest BCUT2D eigenvalue weighted by Crippen LogP contribution is 2.38. The number of carbonyl (C=O) groups excluding carboxylic acids is 1. The quantitative estimate of drug-likeness (QED) is 0.910. The van der Waals surface area contributed by atoms with Crippen molar-refractivity contribution in [3.8, 4) is 11.6 Å². The van der Waals surface area contributed by atoms with Gasteiger partial charge < -0.3 is 16.2 Å². The Bertz CT molecular complexity index is 669. The van der Waals surface area contributed by atoms with Gasteiger partial charge in [0.1, 0.15) is 5.75 Å². The van der Waals surface area contributed by atoms with Gasteiger partial charge in [0, 0.05) is 11.6 Å². The monoisotopic (exact) mass is 297 g/mol. The van der Waals surface area contributed by atoms with E-state index in [4.69, 9.17) is 16.2 Å². The second kappa shape index (κ2) is 5.31. The molecule has 0 saturated heterocycles. The Labute approximate surface area is 117 Å². The third-order valence-electron chi connectivity index (χ3n) is 2.54. The van der Waals surface area contributed by atoms with Crippen molar-refractivity contribution in [3.05, 3.63) is 47.7 Å². The van der Waals surface area contributed by atoms with Crippen LogP contribution < -0.4 is 16.2 Å². The number of nitrogen functional groups attached to an aromatic ring is 1. The summed E-state index contributed by atoms with van der Waals surface area (Å²) in [6.07, 6.45) is -3.45. The molecule has 0 unspecified atom stereocenters. The zero-order chi connectivity index (χ0) is 15.6. The lowest BCUT2D eigenvalue weighted by molar-refractivity contribution is -0.138. The molecule has 0 bridgehead atoms. The topological polar surface area (TPSA) is 91.2 Å². The summed E-state index contributed by atoms with van der Waals surface area (Å²) < 4.78 is 44.0. The Balaban J connectivity index is 2.43. The highest BCUT2D eigenvalue weighted by molar-refractivity contribution is 5.93. The van der Waals surface area contributed by atoms with Crippen molar-refractivity contribution in [2.45, 2.75) is 6.18 Å². The minimum Gasteiger partial charge on any atom is -0.438 e. The summed E-state index contributed by atoms with van der Waals surface area (Å²) in [7, 11) is 0. The number of primary amides is 1. The number of hydrogen-bond donors (Lipinski definition) is 2. The molecule has 0 aliphatic heterocycles. The van der Waals surface area contributed by atoms with E-state index in [-0.39, 0.29) is 11.4 Å². The van der Waals surface area contributed by atoms with Gasteiger partial charge in [-0.05, 0) is 24.3 Å². The van der Waals surface area contributed by atoms with Crippen LogP contribution in [0.2, 0.25) is 0 Å². The van der Waals surface area contributed by atoms with Crippen LogP contribution in [0, 0.1) is 0 Å². The van der Waals surface area contributed by atoms with Gasteiger partial charge in [-0.15, -0.1) is 0 Å². The molecule has 0 radical (unpaired) electrons. The van der Waals surface area contributed by atoms with Crippen molar-refractivity contribution in [3.63, 3.8) is 0 Å². The van der Waals surface area contributed by atoms with Crippen LogP contribution in [0.3, 0.4) is 0 Å². The second-order valence-corrected chi connectivity index (χ2v) is 4.10. The van der Waals surface area contributed by atoms with Gasteiger partial charge in [0.25, 0.3) is 0 Å². The highest BCUT2D eigenvalue weighted by atomic mass is 19.4. The van der Waals surface area contributed by atoms with Gasteiger partial charge in [-0.2, -0.15) is 13.2 Å². The van der Waals surface area contributed by atoms with Crippen LogP contribution >= 0.6 is 0 Å². The van der Waals surface area contributed by atoms with Gasteiger partial charge in [0.15, 0.2) is 0 Å². The number of carbonyl (C=O) groups is 1. The minimum absolute atomic E-state index is 0.0541. The number of amides is 1. The van der Waals surface area contributed by atoms with E-state index >= 15 is 0 Å². The van der Waals surface area contributed by atoms with Crippen LogP contribution in [0.25, 0.3) is 0 Å².